The van der Waals surface area contributed by atoms with Crippen molar-refractivity contribution in [3.63, 3.8) is 0 Å². The summed E-state index contributed by atoms with van der Waals surface area (Å²) in [6, 6.07) is 9.39. The van der Waals surface area contributed by atoms with E-state index >= 15 is 0 Å². The normalized spacial score (nSPS) is 13.3. The number of nitrogens with zero attached hydrogens (tertiary/aromatic N) is 3. The third-order valence-corrected chi connectivity index (χ3v) is 7.12. The number of ether oxygens (including phenoxy) is 5. The smallest absolute Gasteiger partial charge is 0.228 e. The first-order valence-corrected chi connectivity index (χ1v) is 13.1. The van der Waals surface area contributed by atoms with Gasteiger partial charge in [-0.3, -0.25) is 4.79 Å². The Morgan fingerprint density at radius 2 is 1.49 bits per heavy atom. The molecule has 3 aromatic rings. The number of methoxy groups -OCH3 is 5. The number of hydrogen-bond donors (Lipinski definition) is 0. The molecule has 1 fully saturated rings. The fourth-order valence-corrected chi connectivity index (χ4v) is 4.98. The highest BCUT2D eigenvalue weighted by molar-refractivity contribution is 5.79. The van der Waals surface area contributed by atoms with Crippen LogP contribution in [0.2, 0.25) is 0 Å². The van der Waals surface area contributed by atoms with E-state index in [2.05, 4.69) is 10.1 Å². The van der Waals surface area contributed by atoms with Crippen LogP contribution >= 0.6 is 0 Å². The summed E-state index contributed by atoms with van der Waals surface area (Å²) in [6.45, 7) is 1.07. The molecule has 0 bridgehead atoms. The van der Waals surface area contributed by atoms with Crippen molar-refractivity contribution in [1.29, 1.82) is 0 Å². The molecule has 4 rings (SSSR count). The van der Waals surface area contributed by atoms with Crippen LogP contribution in [0.1, 0.15) is 37.1 Å². The molecule has 0 saturated heterocycles. The van der Waals surface area contributed by atoms with Crippen LogP contribution in [-0.4, -0.2) is 69.6 Å². The first-order chi connectivity index (χ1) is 19.0. The summed E-state index contributed by atoms with van der Waals surface area (Å²) >= 11 is 0. The molecule has 1 heterocycles. The maximum atomic E-state index is 13.4. The van der Waals surface area contributed by atoms with E-state index in [0.717, 1.165) is 31.2 Å². The Morgan fingerprint density at radius 1 is 0.846 bits per heavy atom. The van der Waals surface area contributed by atoms with Crippen molar-refractivity contribution in [3.8, 4) is 40.1 Å². The summed E-state index contributed by atoms with van der Waals surface area (Å²) in [5.41, 5.74) is 1.74. The number of amides is 1. The molecule has 10 nitrogen and oxygen atoms in total. The molecule has 0 unspecified atom stereocenters. The van der Waals surface area contributed by atoms with Crippen LogP contribution < -0.4 is 23.7 Å². The van der Waals surface area contributed by atoms with Gasteiger partial charge in [-0.2, -0.15) is 4.98 Å². The lowest BCUT2D eigenvalue weighted by atomic mass is 10.1. The summed E-state index contributed by atoms with van der Waals surface area (Å²) in [5, 5.41) is 4.15. The molecule has 0 N–H and O–H groups in total. The lowest BCUT2D eigenvalue weighted by Gasteiger charge is -2.25. The summed E-state index contributed by atoms with van der Waals surface area (Å²) < 4.78 is 32.6. The summed E-state index contributed by atoms with van der Waals surface area (Å²) in [4.78, 5) is 19.9. The number of carbonyl (C=O) groups is 1. The minimum atomic E-state index is 0.0767. The van der Waals surface area contributed by atoms with Crippen LogP contribution in [-0.2, 0) is 17.6 Å². The molecule has 1 amide bonds. The van der Waals surface area contributed by atoms with Crippen LogP contribution in [0.3, 0.4) is 0 Å². The maximum absolute atomic E-state index is 13.4. The summed E-state index contributed by atoms with van der Waals surface area (Å²) in [6.07, 6.45) is 5.22. The minimum Gasteiger partial charge on any atom is -0.493 e. The summed E-state index contributed by atoms with van der Waals surface area (Å²) in [5.74, 6) is 3.97. The fraction of sp³-hybridized carbons (Fsp3) is 0.483. The molecule has 1 saturated carbocycles. The molecule has 0 atom stereocenters. The molecule has 39 heavy (non-hydrogen) atoms. The van der Waals surface area contributed by atoms with Crippen LogP contribution in [0.15, 0.2) is 34.9 Å². The molecule has 1 aliphatic rings. The van der Waals surface area contributed by atoms with Crippen LogP contribution in [0.5, 0.6) is 28.7 Å². The largest absolute Gasteiger partial charge is 0.493 e. The van der Waals surface area contributed by atoms with E-state index in [4.69, 9.17) is 28.2 Å². The Balaban J connectivity index is 1.48. The molecular weight excluding hydrogens is 502 g/mol. The first kappa shape index (κ1) is 28.1. The van der Waals surface area contributed by atoms with Gasteiger partial charge in [0.1, 0.15) is 0 Å². The molecule has 1 aliphatic carbocycles. The van der Waals surface area contributed by atoms with Gasteiger partial charge < -0.3 is 33.1 Å². The van der Waals surface area contributed by atoms with Gasteiger partial charge in [0.05, 0.1) is 35.5 Å². The second-order valence-corrected chi connectivity index (χ2v) is 9.42. The summed E-state index contributed by atoms with van der Waals surface area (Å²) in [7, 11) is 7.90. The van der Waals surface area contributed by atoms with Gasteiger partial charge >= 0.3 is 0 Å². The van der Waals surface area contributed by atoms with Crippen molar-refractivity contribution >= 4 is 5.91 Å². The van der Waals surface area contributed by atoms with E-state index in [1.54, 1.807) is 47.7 Å². The van der Waals surface area contributed by atoms with Gasteiger partial charge in [0, 0.05) is 31.0 Å². The van der Waals surface area contributed by atoms with Crippen LogP contribution in [0.25, 0.3) is 11.4 Å². The first-order valence-electron chi connectivity index (χ1n) is 13.1. The molecule has 0 radical (unpaired) electrons. The highest BCUT2D eigenvalue weighted by Gasteiger charge is 2.27. The SMILES string of the molecule is COc1ccc(CCN(CCc2nc(-c3cc(OC)c(OC)c(OC)c3)no2)C(=O)C2CCCC2)cc1OC. The Hall–Kier alpha value is -3.95. The lowest BCUT2D eigenvalue weighted by molar-refractivity contribution is -0.135. The van der Waals surface area contributed by atoms with Crippen molar-refractivity contribution in [2.24, 2.45) is 5.92 Å². The molecule has 1 aromatic heterocycles. The number of rotatable bonds is 13. The molecule has 2 aromatic carbocycles. The molecule has 0 spiro atoms. The van der Waals surface area contributed by atoms with Gasteiger partial charge in [-0.1, -0.05) is 24.1 Å². The van der Waals surface area contributed by atoms with Gasteiger partial charge in [0.2, 0.25) is 23.4 Å². The van der Waals surface area contributed by atoms with E-state index in [0.29, 0.717) is 72.0 Å². The van der Waals surface area contributed by atoms with Gasteiger partial charge in [-0.15, -0.1) is 0 Å². The van der Waals surface area contributed by atoms with Gasteiger partial charge in [0.25, 0.3) is 0 Å². The zero-order valence-electron chi connectivity index (χ0n) is 23.3. The fourth-order valence-electron chi connectivity index (χ4n) is 4.98. The molecule has 210 valence electrons. The van der Waals surface area contributed by atoms with Gasteiger partial charge in [-0.25, -0.2) is 0 Å². The monoisotopic (exact) mass is 539 g/mol. The third kappa shape index (κ3) is 6.55. The van der Waals surface area contributed by atoms with E-state index in [9.17, 15) is 4.79 Å². The van der Waals surface area contributed by atoms with Crippen molar-refractivity contribution < 1.29 is 33.0 Å². The highest BCUT2D eigenvalue weighted by atomic mass is 16.5. The van der Waals surface area contributed by atoms with Crippen LogP contribution in [0, 0.1) is 5.92 Å². The van der Waals surface area contributed by atoms with Gasteiger partial charge in [-0.05, 0) is 49.1 Å². The second kappa shape index (κ2) is 13.2. The average Bonchev–Trinajstić information content (AvgIpc) is 3.69. The topological polar surface area (TPSA) is 105 Å². The Bertz CT molecular complexity index is 1230. The second-order valence-electron chi connectivity index (χ2n) is 9.42. The average molecular weight is 540 g/mol. The van der Waals surface area contributed by atoms with Crippen LogP contribution in [0.4, 0.5) is 0 Å². The predicted molar refractivity (Wildman–Crippen MR) is 145 cm³/mol. The highest BCUT2D eigenvalue weighted by Crippen LogP contribution is 2.40. The van der Waals surface area contributed by atoms with E-state index in [-0.39, 0.29) is 11.8 Å². The Labute approximate surface area is 229 Å². The number of hydrogen-bond acceptors (Lipinski definition) is 9. The Morgan fingerprint density at radius 3 is 2.10 bits per heavy atom. The number of aromatic nitrogens is 2. The zero-order chi connectivity index (χ0) is 27.8. The van der Waals surface area contributed by atoms with E-state index < -0.39 is 0 Å². The van der Waals surface area contributed by atoms with Crippen molar-refractivity contribution in [2.75, 3.05) is 48.6 Å². The minimum absolute atomic E-state index is 0.0767. The van der Waals surface area contributed by atoms with E-state index in [1.807, 2.05) is 23.1 Å². The number of benzene rings is 2. The standard InChI is InChI=1S/C29H37N3O7/c1-34-22-11-10-19(16-23(22)35-2)12-14-32(29(33)20-8-6-7-9-20)15-13-26-30-28(31-39-26)21-17-24(36-3)27(38-5)25(18-21)37-4/h10-11,16-18,20H,6-9,12-15H2,1-5H3. The molecule has 10 heteroatoms. The van der Waals surface area contributed by atoms with Gasteiger partial charge in [0.15, 0.2) is 23.0 Å². The zero-order valence-corrected chi connectivity index (χ0v) is 23.3. The predicted octanol–water partition coefficient (Wildman–Crippen LogP) is 4.58. The van der Waals surface area contributed by atoms with Crippen molar-refractivity contribution in [2.45, 2.75) is 38.5 Å². The maximum Gasteiger partial charge on any atom is 0.228 e. The quantitative estimate of drug-likeness (QED) is 0.308. The third-order valence-electron chi connectivity index (χ3n) is 7.12. The lowest BCUT2D eigenvalue weighted by Crippen LogP contribution is -2.38. The number of carbonyl (C=O) groups excluding carboxylic acids is 1. The Kier molecular flexibility index (Phi) is 9.51. The molecular formula is C29H37N3O7. The van der Waals surface area contributed by atoms with Crippen molar-refractivity contribution in [3.05, 3.63) is 41.8 Å². The van der Waals surface area contributed by atoms with Crippen molar-refractivity contribution in [1.82, 2.24) is 15.0 Å². The molecule has 0 aliphatic heterocycles. The van der Waals surface area contributed by atoms with E-state index in [1.165, 1.54) is 0 Å².